The fourth-order valence-electron chi connectivity index (χ4n) is 5.11. The molecule has 0 spiro atoms. The highest BCUT2D eigenvalue weighted by Crippen LogP contribution is 2.36. The first-order valence-corrected chi connectivity index (χ1v) is 19.9. The third-order valence-electron chi connectivity index (χ3n) is 6.77. The van der Waals surface area contributed by atoms with Crippen molar-refractivity contribution >= 4 is 57.2 Å². The van der Waals surface area contributed by atoms with Gasteiger partial charge in [0, 0.05) is 4.47 Å². The summed E-state index contributed by atoms with van der Waals surface area (Å²) in [5.74, 6) is -2.48. The van der Waals surface area contributed by atoms with E-state index in [-0.39, 0.29) is 43.3 Å². The van der Waals surface area contributed by atoms with E-state index in [0.29, 0.717) is 15.9 Å². The molecule has 0 radical (unpaired) electrons. The fraction of sp³-hybridized carbons (Fsp3) is 0.605. The molecule has 324 valence electrons. The summed E-state index contributed by atoms with van der Waals surface area (Å²) >= 11 is 3.47. The van der Waals surface area contributed by atoms with E-state index in [1.165, 1.54) is 15.9 Å². The molecule has 0 aliphatic rings. The quantitative estimate of drug-likeness (QED) is 0.0913. The Kier molecular flexibility index (Phi) is 17.1. The summed E-state index contributed by atoms with van der Waals surface area (Å²) in [6, 6.07) is 9.91. The smallest absolute Gasteiger partial charge is 0.339 e. The number of hydrogen-bond donors (Lipinski definition) is 0. The van der Waals surface area contributed by atoms with Crippen LogP contribution in [0.2, 0.25) is 0 Å². The molecule has 0 atom stereocenters. The highest BCUT2D eigenvalue weighted by Gasteiger charge is 2.30. The Morgan fingerprint density at radius 3 is 1.21 bits per heavy atom. The zero-order valence-electron chi connectivity index (χ0n) is 36.9. The number of carbonyl (C=O) groups is 5. The van der Waals surface area contributed by atoms with Crippen LogP contribution in [0, 0.1) is 0 Å². The number of nitrogens with zero attached hydrogens (tertiary/aromatic N) is 2. The molecule has 0 unspecified atom stereocenters. The van der Waals surface area contributed by atoms with E-state index in [9.17, 15) is 24.0 Å². The van der Waals surface area contributed by atoms with Gasteiger partial charge in [-0.1, -0.05) is 12.1 Å². The number of hydrogen-bond acceptors (Lipinski definition) is 14. The molecule has 0 aromatic heterocycles. The second-order valence-electron chi connectivity index (χ2n) is 18.5. The summed E-state index contributed by atoms with van der Waals surface area (Å²) in [4.78, 5) is 68.7. The molecule has 0 amide bonds. The normalized spacial score (nSPS) is 12.2. The predicted octanol–water partition coefficient (Wildman–Crippen LogP) is 7.84. The standard InChI is InChI=1S/C43H63BrN2O12/c1-39(2,3)54-34(47)24-45(25-35(48)55-40(4,5)6)30-18-16-17-19-32(30)52-20-21-53-33-23-29(44)28(38(51)58-43(13,14)15)22-31(33)46(26-36(49)56-41(7,8)9)27-37(50)57-42(10,11)12/h16-19,22-23H,20-21,24-27H2,1-15H3. The van der Waals surface area contributed by atoms with E-state index >= 15 is 0 Å². The molecular formula is C43H63BrN2O12. The molecule has 2 aromatic carbocycles. The van der Waals surface area contributed by atoms with E-state index in [2.05, 4.69) is 15.9 Å². The van der Waals surface area contributed by atoms with Crippen LogP contribution in [0.5, 0.6) is 11.5 Å². The van der Waals surface area contributed by atoms with Crippen LogP contribution in [0.25, 0.3) is 0 Å². The van der Waals surface area contributed by atoms with Crippen molar-refractivity contribution < 1.29 is 57.1 Å². The van der Waals surface area contributed by atoms with Crippen LogP contribution >= 0.6 is 15.9 Å². The topological polar surface area (TPSA) is 156 Å². The molecule has 0 heterocycles. The number of rotatable bonds is 16. The predicted molar refractivity (Wildman–Crippen MR) is 225 cm³/mol. The summed E-state index contributed by atoms with van der Waals surface area (Å²) in [6.07, 6.45) is 0. The van der Waals surface area contributed by atoms with Crippen molar-refractivity contribution in [3.8, 4) is 11.5 Å². The van der Waals surface area contributed by atoms with Gasteiger partial charge in [-0.15, -0.1) is 0 Å². The second kappa shape index (κ2) is 20.0. The van der Waals surface area contributed by atoms with Crippen LogP contribution in [0.15, 0.2) is 40.9 Å². The third kappa shape index (κ3) is 19.3. The molecule has 0 fully saturated rings. The number of ether oxygens (including phenoxy) is 7. The lowest BCUT2D eigenvalue weighted by molar-refractivity contribution is -0.156. The molecule has 2 aromatic rings. The van der Waals surface area contributed by atoms with Crippen LogP contribution in [0.3, 0.4) is 0 Å². The molecule has 0 saturated carbocycles. The van der Waals surface area contributed by atoms with E-state index in [1.54, 1.807) is 134 Å². The van der Waals surface area contributed by atoms with Gasteiger partial charge in [-0.05, 0) is 144 Å². The van der Waals surface area contributed by atoms with Gasteiger partial charge >= 0.3 is 29.8 Å². The minimum atomic E-state index is -0.821. The summed E-state index contributed by atoms with van der Waals surface area (Å²) in [5.41, 5.74) is -3.20. The third-order valence-corrected chi connectivity index (χ3v) is 7.43. The van der Waals surface area contributed by atoms with Gasteiger partial charge in [0.2, 0.25) is 0 Å². The van der Waals surface area contributed by atoms with Crippen LogP contribution < -0.4 is 19.3 Å². The van der Waals surface area contributed by atoms with Crippen molar-refractivity contribution in [2.75, 3.05) is 49.2 Å². The first-order chi connectivity index (χ1) is 26.3. The minimum Gasteiger partial charge on any atom is -0.488 e. The zero-order valence-corrected chi connectivity index (χ0v) is 38.5. The zero-order chi connectivity index (χ0) is 44.4. The Morgan fingerprint density at radius 1 is 0.483 bits per heavy atom. The number of esters is 5. The van der Waals surface area contributed by atoms with E-state index in [4.69, 9.17) is 33.2 Å². The summed E-state index contributed by atoms with van der Waals surface area (Å²) < 4.78 is 40.7. The number of para-hydroxylation sites is 2. The van der Waals surface area contributed by atoms with Crippen LogP contribution in [-0.2, 0) is 42.9 Å². The lowest BCUT2D eigenvalue weighted by Crippen LogP contribution is -2.40. The highest BCUT2D eigenvalue weighted by atomic mass is 79.9. The van der Waals surface area contributed by atoms with Gasteiger partial charge in [-0.25, -0.2) is 4.79 Å². The fourth-order valence-corrected chi connectivity index (χ4v) is 5.59. The molecule has 2 rings (SSSR count). The number of benzene rings is 2. The maximum absolute atomic E-state index is 13.4. The van der Waals surface area contributed by atoms with E-state index < -0.39 is 70.9 Å². The Balaban J connectivity index is 2.53. The van der Waals surface area contributed by atoms with Crippen molar-refractivity contribution in [1.82, 2.24) is 0 Å². The largest absolute Gasteiger partial charge is 0.488 e. The van der Waals surface area contributed by atoms with Gasteiger partial charge in [0.05, 0.1) is 16.9 Å². The minimum absolute atomic E-state index is 0.0350. The summed E-state index contributed by atoms with van der Waals surface area (Å²) in [6.45, 7) is 24.7. The second-order valence-corrected chi connectivity index (χ2v) is 19.4. The van der Waals surface area contributed by atoms with Gasteiger partial charge in [-0.3, -0.25) is 19.2 Å². The first kappa shape index (κ1) is 49.6. The Morgan fingerprint density at radius 2 is 0.828 bits per heavy atom. The van der Waals surface area contributed by atoms with Gasteiger partial charge < -0.3 is 43.0 Å². The van der Waals surface area contributed by atoms with Gasteiger partial charge in [0.25, 0.3) is 0 Å². The molecule has 15 heteroatoms. The van der Waals surface area contributed by atoms with Gasteiger partial charge in [0.1, 0.15) is 78.9 Å². The average Bonchev–Trinajstić information content (AvgIpc) is 2.98. The maximum atomic E-state index is 13.4. The SMILES string of the molecule is CC(C)(C)OC(=O)CN(CC(=O)OC(C)(C)C)c1ccccc1OCCOc1cc(Br)c(C(=O)OC(C)(C)C)cc1N(CC(=O)OC(C)(C)C)CC(=O)OC(C)(C)C. The lowest BCUT2D eigenvalue weighted by atomic mass is 10.1. The monoisotopic (exact) mass is 878 g/mol. The van der Waals surface area contributed by atoms with Crippen LogP contribution in [0.1, 0.15) is 114 Å². The Bertz CT molecular complexity index is 1700. The van der Waals surface area contributed by atoms with Crippen molar-refractivity contribution in [3.05, 3.63) is 46.4 Å². The summed E-state index contributed by atoms with van der Waals surface area (Å²) in [7, 11) is 0. The molecular weight excluding hydrogens is 816 g/mol. The van der Waals surface area contributed by atoms with E-state index in [1.807, 2.05) is 0 Å². The molecule has 0 bridgehead atoms. The highest BCUT2D eigenvalue weighted by molar-refractivity contribution is 9.10. The number of halogens is 1. The van der Waals surface area contributed by atoms with E-state index in [0.717, 1.165) is 0 Å². The molecule has 0 saturated heterocycles. The van der Waals surface area contributed by atoms with Gasteiger partial charge in [0.15, 0.2) is 0 Å². The molecule has 0 aliphatic heterocycles. The lowest BCUT2D eigenvalue weighted by Gasteiger charge is -2.30. The van der Waals surface area contributed by atoms with Crippen molar-refractivity contribution in [1.29, 1.82) is 0 Å². The van der Waals surface area contributed by atoms with Crippen LogP contribution in [-0.4, -0.2) is 97.2 Å². The maximum Gasteiger partial charge on any atom is 0.339 e. The Labute approximate surface area is 352 Å². The van der Waals surface area contributed by atoms with Crippen molar-refractivity contribution in [3.63, 3.8) is 0 Å². The summed E-state index contributed by atoms with van der Waals surface area (Å²) in [5, 5.41) is 0. The van der Waals surface area contributed by atoms with Crippen molar-refractivity contribution in [2.24, 2.45) is 0 Å². The number of carbonyl (C=O) groups excluding carboxylic acids is 5. The molecule has 0 aliphatic carbocycles. The first-order valence-electron chi connectivity index (χ1n) is 19.1. The number of anilines is 2. The average molecular weight is 880 g/mol. The molecule has 14 nitrogen and oxygen atoms in total. The van der Waals surface area contributed by atoms with Gasteiger partial charge in [-0.2, -0.15) is 0 Å². The molecule has 58 heavy (non-hydrogen) atoms. The Hall–Kier alpha value is -4.53. The molecule has 0 N–H and O–H groups in total. The van der Waals surface area contributed by atoms with Crippen LogP contribution in [0.4, 0.5) is 11.4 Å². The van der Waals surface area contributed by atoms with Crippen molar-refractivity contribution in [2.45, 2.75) is 132 Å².